The van der Waals surface area contributed by atoms with E-state index < -0.39 is 14.3 Å². The number of hydrogen-bond acceptors (Lipinski definition) is 5. The van der Waals surface area contributed by atoms with E-state index in [1.54, 1.807) is 0 Å². The molecule has 2 aliphatic carbocycles. The van der Waals surface area contributed by atoms with Gasteiger partial charge in [0.15, 0.2) is 0 Å². The highest BCUT2D eigenvalue weighted by Gasteiger charge is 2.40. The lowest BCUT2D eigenvalue weighted by molar-refractivity contribution is -0.149. The Morgan fingerprint density at radius 3 is 1.31 bits per heavy atom. The fourth-order valence-electron chi connectivity index (χ4n) is 8.81. The van der Waals surface area contributed by atoms with Crippen molar-refractivity contribution in [2.75, 3.05) is 13.2 Å². The number of fused-ring (bicyclic) bond motifs is 2. The normalized spacial score (nSPS) is 17.3. The van der Waals surface area contributed by atoms with Crippen molar-refractivity contribution >= 4 is 41.5 Å². The maximum atomic E-state index is 15.2. The van der Waals surface area contributed by atoms with Gasteiger partial charge in [-0.05, 0) is 60.8 Å². The van der Waals surface area contributed by atoms with Gasteiger partial charge in [0.2, 0.25) is 0 Å². The van der Waals surface area contributed by atoms with E-state index >= 15 is 9.13 Å². The van der Waals surface area contributed by atoms with E-state index in [-0.39, 0.29) is 11.9 Å². The van der Waals surface area contributed by atoms with Crippen LogP contribution in [0.25, 0.3) is 0 Å². The minimum atomic E-state index is -3.07. The summed E-state index contributed by atoms with van der Waals surface area (Å²) in [5.41, 5.74) is 1.82. The molecule has 3 atom stereocenters. The van der Waals surface area contributed by atoms with Crippen LogP contribution in [0.15, 0.2) is 152 Å². The Hall–Kier alpha value is -4.43. The Kier molecular flexibility index (Phi) is 14.8. The quantitative estimate of drug-likeness (QED) is 0.0301. The number of carbonyl (C=O) groups is 1. The monoisotopic (exact) mass is 812 g/mol. The lowest BCUT2D eigenvalue weighted by Crippen LogP contribution is -2.21. The second-order valence-corrected chi connectivity index (χ2v) is 21.9. The molecule has 0 N–H and O–H groups in total. The summed E-state index contributed by atoms with van der Waals surface area (Å²) in [4.78, 5) is 12.4. The zero-order valence-corrected chi connectivity index (χ0v) is 35.5. The summed E-state index contributed by atoms with van der Waals surface area (Å²) in [7, 11) is -6.14. The third-order valence-electron chi connectivity index (χ3n) is 11.9. The van der Waals surface area contributed by atoms with Crippen molar-refractivity contribution in [3.8, 4) is 5.75 Å². The molecule has 5 nitrogen and oxygen atoms in total. The minimum Gasteiger partial charge on any atom is -0.494 e. The number of benzene rings is 5. The molecule has 0 amide bonds. The smallest absolute Gasteiger partial charge is 0.309 e. The summed E-state index contributed by atoms with van der Waals surface area (Å²) in [6, 6.07) is 45.3. The highest BCUT2D eigenvalue weighted by molar-refractivity contribution is 7.78. The molecule has 0 aromatic heterocycles. The SMILES string of the molecule is O=C(OCCCCCCCCCCCOc1cc(CP(=O)(c2ccccc2)c2ccccc2)cc(CP(=O)(c2ccccc2)c2ccccc2)c1)C1C[C@H]2C=C[C@@H]1C2. The molecule has 1 saturated carbocycles. The van der Waals surface area contributed by atoms with Crippen LogP contribution in [0.5, 0.6) is 5.75 Å². The Labute approximate surface area is 346 Å². The maximum Gasteiger partial charge on any atom is 0.309 e. The average molecular weight is 813 g/mol. The predicted molar refractivity (Wildman–Crippen MR) is 240 cm³/mol. The number of allylic oxidation sites excluding steroid dienone is 2. The molecule has 7 rings (SSSR count). The van der Waals surface area contributed by atoms with Crippen LogP contribution >= 0.6 is 14.3 Å². The molecule has 302 valence electrons. The predicted octanol–water partition coefficient (Wildman–Crippen LogP) is 11.4. The van der Waals surface area contributed by atoms with Crippen molar-refractivity contribution < 1.29 is 23.4 Å². The lowest BCUT2D eigenvalue weighted by Gasteiger charge is -2.22. The summed E-state index contributed by atoms with van der Waals surface area (Å²) in [5.74, 6) is 1.85. The first-order chi connectivity index (χ1) is 28.4. The van der Waals surface area contributed by atoms with Crippen LogP contribution < -0.4 is 26.0 Å². The molecular weight excluding hydrogens is 755 g/mol. The topological polar surface area (TPSA) is 69.7 Å². The summed E-state index contributed by atoms with van der Waals surface area (Å²) < 4.78 is 42.4. The molecule has 5 aromatic rings. The molecule has 7 heteroatoms. The van der Waals surface area contributed by atoms with Gasteiger partial charge in [-0.3, -0.25) is 4.79 Å². The van der Waals surface area contributed by atoms with Crippen molar-refractivity contribution in [3.05, 3.63) is 163 Å². The van der Waals surface area contributed by atoms with Crippen LogP contribution in [0, 0.1) is 17.8 Å². The highest BCUT2D eigenvalue weighted by atomic mass is 31.2. The fraction of sp³-hybridized carbons (Fsp3) is 0.353. The van der Waals surface area contributed by atoms with E-state index in [0.29, 0.717) is 37.4 Å². The third-order valence-corrected chi connectivity index (χ3v) is 18.1. The van der Waals surface area contributed by atoms with Crippen molar-refractivity contribution in [2.24, 2.45) is 17.8 Å². The van der Waals surface area contributed by atoms with Crippen LogP contribution in [0.3, 0.4) is 0 Å². The molecule has 0 radical (unpaired) electrons. The van der Waals surface area contributed by atoms with Crippen LogP contribution in [0.2, 0.25) is 0 Å². The summed E-state index contributed by atoms with van der Waals surface area (Å²) in [6.07, 6.45) is 17.3. The molecule has 5 aromatic carbocycles. The maximum absolute atomic E-state index is 15.2. The zero-order valence-electron chi connectivity index (χ0n) is 33.7. The first-order valence-corrected chi connectivity index (χ1v) is 25.2. The number of ether oxygens (including phenoxy) is 2. The van der Waals surface area contributed by atoms with Crippen molar-refractivity contribution in [3.63, 3.8) is 0 Å². The summed E-state index contributed by atoms with van der Waals surface area (Å²) in [5, 5.41) is 3.27. The molecule has 1 unspecified atom stereocenters. The minimum absolute atomic E-state index is 0.0165. The number of rotatable bonds is 22. The molecule has 0 heterocycles. The van der Waals surface area contributed by atoms with E-state index in [2.05, 4.69) is 18.2 Å². The lowest BCUT2D eigenvalue weighted by atomic mass is 9.94. The van der Waals surface area contributed by atoms with Crippen molar-refractivity contribution in [1.82, 2.24) is 0 Å². The van der Waals surface area contributed by atoms with Gasteiger partial charge in [-0.2, -0.15) is 0 Å². The number of carbonyl (C=O) groups excluding carboxylic acids is 1. The van der Waals surface area contributed by atoms with Gasteiger partial charge in [0.1, 0.15) is 20.0 Å². The molecule has 58 heavy (non-hydrogen) atoms. The molecule has 0 aliphatic heterocycles. The van der Waals surface area contributed by atoms with Crippen LogP contribution in [0.1, 0.15) is 81.8 Å². The second kappa shape index (κ2) is 20.5. The first kappa shape index (κ1) is 41.7. The molecule has 2 aliphatic rings. The van der Waals surface area contributed by atoms with Crippen LogP contribution in [0.4, 0.5) is 0 Å². The Morgan fingerprint density at radius 1 is 0.500 bits per heavy atom. The van der Waals surface area contributed by atoms with Gasteiger partial charge < -0.3 is 18.6 Å². The van der Waals surface area contributed by atoms with Gasteiger partial charge in [-0.25, -0.2) is 0 Å². The number of esters is 1. The van der Waals surface area contributed by atoms with Gasteiger partial charge in [-0.1, -0.05) is 184 Å². The number of hydrogen-bond donors (Lipinski definition) is 0. The van der Waals surface area contributed by atoms with Crippen molar-refractivity contribution in [2.45, 2.75) is 83.0 Å². The molecular formula is C51H58O5P2. The van der Waals surface area contributed by atoms with Crippen LogP contribution in [-0.2, 0) is 31.0 Å². The first-order valence-electron chi connectivity index (χ1n) is 21.4. The zero-order chi connectivity index (χ0) is 40.0. The highest BCUT2D eigenvalue weighted by Crippen LogP contribution is 2.50. The summed E-state index contributed by atoms with van der Waals surface area (Å²) >= 11 is 0. The van der Waals surface area contributed by atoms with E-state index in [4.69, 9.17) is 9.47 Å². The van der Waals surface area contributed by atoms with Gasteiger partial charge in [0.25, 0.3) is 0 Å². The average Bonchev–Trinajstić information content (AvgIpc) is 3.91. The third kappa shape index (κ3) is 10.8. The van der Waals surface area contributed by atoms with Crippen LogP contribution in [-0.4, -0.2) is 19.2 Å². The second-order valence-electron chi connectivity index (χ2n) is 16.2. The van der Waals surface area contributed by atoms with E-state index in [9.17, 15) is 4.79 Å². The molecule has 0 spiro atoms. The Bertz CT molecular complexity index is 1970. The van der Waals surface area contributed by atoms with Crippen molar-refractivity contribution in [1.29, 1.82) is 0 Å². The number of unbranched alkanes of at least 4 members (excludes halogenated alkanes) is 8. The van der Waals surface area contributed by atoms with E-state index in [0.717, 1.165) is 76.6 Å². The molecule has 0 saturated heterocycles. The molecule has 2 bridgehead atoms. The Morgan fingerprint density at radius 2 is 0.914 bits per heavy atom. The largest absolute Gasteiger partial charge is 0.494 e. The van der Waals surface area contributed by atoms with Gasteiger partial charge in [-0.15, -0.1) is 0 Å². The molecule has 1 fully saturated rings. The van der Waals surface area contributed by atoms with E-state index in [1.807, 2.05) is 133 Å². The van der Waals surface area contributed by atoms with E-state index in [1.165, 1.54) is 32.1 Å². The Balaban J connectivity index is 0.951. The van der Waals surface area contributed by atoms with Gasteiger partial charge >= 0.3 is 5.97 Å². The standard InChI is InChI=1S/C51H58O5P2/c52-51(50-38-41-30-31-44(50)35-41)56-33-21-7-5-3-1-2-4-6-20-32-55-45-36-42(39-57(53,46-22-12-8-13-23-46)47-24-14-9-15-25-47)34-43(37-45)40-58(54,48-26-16-10-17-27-48)49-28-18-11-19-29-49/h8-19,22-31,34,36-37,41,44,50H,1-7,20-21,32-33,35,38-40H2/t41-,44+,50?/m0/s1. The van der Waals surface area contributed by atoms with Gasteiger partial charge in [0.05, 0.1) is 19.1 Å². The fourth-order valence-corrected chi connectivity index (χ4v) is 14.1. The van der Waals surface area contributed by atoms with Gasteiger partial charge in [0, 0.05) is 33.5 Å². The summed E-state index contributed by atoms with van der Waals surface area (Å²) in [6.45, 7) is 1.14.